The summed E-state index contributed by atoms with van der Waals surface area (Å²) in [6, 6.07) is 10.6. The number of aliphatic hydroxyl groups is 1. The molecule has 4 atom stereocenters. The Bertz CT molecular complexity index is 351. The van der Waals surface area contributed by atoms with Crippen LogP contribution in [0.4, 0.5) is 0 Å². The highest BCUT2D eigenvalue weighted by molar-refractivity contribution is 5.23. The maximum absolute atomic E-state index is 10.9. The van der Waals surface area contributed by atoms with Crippen LogP contribution >= 0.6 is 0 Å². The molecule has 1 aromatic carbocycles. The van der Waals surface area contributed by atoms with Crippen molar-refractivity contribution in [1.82, 2.24) is 0 Å². The first-order valence-corrected chi connectivity index (χ1v) is 6.16. The minimum atomic E-state index is -0.639. The predicted octanol–water partition coefficient (Wildman–Crippen LogP) is 0.817. The molecule has 0 aliphatic carbocycles. The molecule has 1 heterocycles. The summed E-state index contributed by atoms with van der Waals surface area (Å²) in [5.74, 6) is 0.295. The summed E-state index contributed by atoms with van der Waals surface area (Å²) in [4.78, 5) is 1.52. The fraction of sp³-hybridized carbons (Fsp3) is 0.571. The highest BCUT2D eigenvalue weighted by Crippen LogP contribution is 2.35. The molecule has 0 bridgehead atoms. The van der Waals surface area contributed by atoms with Crippen molar-refractivity contribution in [1.29, 1.82) is 0 Å². The number of piperidine rings is 1. The van der Waals surface area contributed by atoms with Crippen molar-refractivity contribution in [2.75, 3.05) is 13.6 Å². The smallest absolute Gasteiger partial charge is 0.103 e. The molecular weight excluding hydrogens is 198 g/mol. The second kappa shape index (κ2) is 4.19. The second-order valence-corrected chi connectivity index (χ2v) is 5.21. The van der Waals surface area contributed by atoms with Crippen molar-refractivity contribution in [2.45, 2.75) is 31.9 Å². The van der Waals surface area contributed by atoms with Gasteiger partial charge in [-0.15, -0.1) is 0 Å². The van der Waals surface area contributed by atoms with Crippen LogP contribution in [0.3, 0.4) is 0 Å². The lowest BCUT2D eigenvalue weighted by molar-refractivity contribution is -0.917. The summed E-state index contributed by atoms with van der Waals surface area (Å²) in [7, 11) is 2.21. The van der Waals surface area contributed by atoms with Gasteiger partial charge in [0.2, 0.25) is 0 Å². The zero-order chi connectivity index (χ0) is 11.8. The average molecular weight is 220 g/mol. The van der Waals surface area contributed by atoms with E-state index in [1.165, 1.54) is 4.90 Å². The molecule has 1 saturated heterocycles. The molecular formula is C14H22NO+. The van der Waals surface area contributed by atoms with Gasteiger partial charge in [0.05, 0.1) is 19.6 Å². The van der Waals surface area contributed by atoms with Gasteiger partial charge in [-0.05, 0) is 12.5 Å². The zero-order valence-electron chi connectivity index (χ0n) is 10.4. The Hall–Kier alpha value is -0.860. The van der Waals surface area contributed by atoms with Crippen LogP contribution < -0.4 is 4.90 Å². The van der Waals surface area contributed by atoms with E-state index in [-0.39, 0.29) is 0 Å². The Balaban J connectivity index is 2.32. The third-order valence-electron chi connectivity index (χ3n) is 4.45. The van der Waals surface area contributed by atoms with Gasteiger partial charge >= 0.3 is 0 Å². The molecule has 88 valence electrons. The van der Waals surface area contributed by atoms with E-state index in [1.54, 1.807) is 0 Å². The highest BCUT2D eigenvalue weighted by atomic mass is 16.3. The molecule has 2 nitrogen and oxygen atoms in total. The molecule has 1 unspecified atom stereocenters. The van der Waals surface area contributed by atoms with Crippen molar-refractivity contribution >= 4 is 0 Å². The van der Waals surface area contributed by atoms with E-state index >= 15 is 0 Å². The van der Waals surface area contributed by atoms with Gasteiger partial charge in [-0.2, -0.15) is 0 Å². The second-order valence-electron chi connectivity index (χ2n) is 5.21. The number of quaternary nitrogens is 1. The van der Waals surface area contributed by atoms with Gasteiger partial charge in [-0.25, -0.2) is 0 Å². The van der Waals surface area contributed by atoms with Crippen molar-refractivity contribution in [3.05, 3.63) is 35.9 Å². The molecule has 2 rings (SSSR count). The summed E-state index contributed by atoms with van der Waals surface area (Å²) >= 11 is 0. The average Bonchev–Trinajstić information content (AvgIpc) is 2.33. The summed E-state index contributed by atoms with van der Waals surface area (Å²) in [6.07, 6.45) is 0.856. The molecule has 0 spiro atoms. The van der Waals surface area contributed by atoms with Gasteiger partial charge in [0, 0.05) is 12.3 Å². The number of nitrogens with one attached hydrogen (secondary N) is 1. The maximum Gasteiger partial charge on any atom is 0.103 e. The van der Waals surface area contributed by atoms with E-state index in [9.17, 15) is 5.11 Å². The van der Waals surface area contributed by atoms with Crippen molar-refractivity contribution in [3.63, 3.8) is 0 Å². The zero-order valence-corrected chi connectivity index (χ0v) is 10.4. The van der Waals surface area contributed by atoms with Gasteiger partial charge in [0.25, 0.3) is 0 Å². The molecule has 0 aromatic heterocycles. The fourth-order valence-electron chi connectivity index (χ4n) is 2.82. The Labute approximate surface area is 97.9 Å². The first kappa shape index (κ1) is 11.6. The molecule has 1 fully saturated rings. The minimum absolute atomic E-state index is 0.295. The van der Waals surface area contributed by atoms with E-state index in [0.717, 1.165) is 18.5 Å². The summed E-state index contributed by atoms with van der Waals surface area (Å²) in [6.45, 7) is 5.43. The molecule has 1 aliphatic rings. The fourth-order valence-corrected chi connectivity index (χ4v) is 2.82. The number of hydrogen-bond donors (Lipinski definition) is 2. The van der Waals surface area contributed by atoms with Crippen molar-refractivity contribution < 1.29 is 10.0 Å². The first-order chi connectivity index (χ1) is 7.55. The number of hydrogen-bond acceptors (Lipinski definition) is 1. The molecule has 0 saturated carbocycles. The van der Waals surface area contributed by atoms with E-state index in [2.05, 4.69) is 20.9 Å². The summed E-state index contributed by atoms with van der Waals surface area (Å²) in [5, 5.41) is 10.9. The van der Waals surface area contributed by atoms with E-state index in [0.29, 0.717) is 12.0 Å². The number of benzene rings is 1. The predicted molar refractivity (Wildman–Crippen MR) is 65.3 cm³/mol. The van der Waals surface area contributed by atoms with Crippen LogP contribution in [0.1, 0.15) is 25.8 Å². The Morgan fingerprint density at radius 3 is 2.50 bits per heavy atom. The van der Waals surface area contributed by atoms with Crippen LogP contribution in [0.2, 0.25) is 0 Å². The van der Waals surface area contributed by atoms with Gasteiger partial charge in [-0.1, -0.05) is 37.3 Å². The maximum atomic E-state index is 10.9. The third kappa shape index (κ3) is 1.76. The molecule has 16 heavy (non-hydrogen) atoms. The van der Waals surface area contributed by atoms with Crippen LogP contribution in [0.25, 0.3) is 0 Å². The molecule has 1 aromatic rings. The van der Waals surface area contributed by atoms with Gasteiger partial charge < -0.3 is 10.0 Å². The SMILES string of the molecule is C[C@@H]1[C@H](C)[NH+](C)CC[C@]1(O)c1ccccc1. The Morgan fingerprint density at radius 2 is 1.88 bits per heavy atom. The number of likely N-dealkylation sites (tertiary alicyclic amines) is 1. The molecule has 2 N–H and O–H groups in total. The topological polar surface area (TPSA) is 24.7 Å². The molecule has 1 aliphatic heterocycles. The summed E-state index contributed by atoms with van der Waals surface area (Å²) < 4.78 is 0. The minimum Gasteiger partial charge on any atom is -0.384 e. The first-order valence-electron chi connectivity index (χ1n) is 6.16. The van der Waals surface area contributed by atoms with Crippen LogP contribution in [0.15, 0.2) is 30.3 Å². The van der Waals surface area contributed by atoms with Gasteiger partial charge in [0.15, 0.2) is 0 Å². The van der Waals surface area contributed by atoms with E-state index in [4.69, 9.17) is 0 Å². The van der Waals surface area contributed by atoms with Crippen molar-refractivity contribution in [2.24, 2.45) is 5.92 Å². The lowest BCUT2D eigenvalue weighted by atomic mass is 9.73. The van der Waals surface area contributed by atoms with Crippen molar-refractivity contribution in [3.8, 4) is 0 Å². The van der Waals surface area contributed by atoms with Crippen LogP contribution in [-0.4, -0.2) is 24.7 Å². The van der Waals surface area contributed by atoms with Crippen LogP contribution in [-0.2, 0) is 5.60 Å². The normalized spacial score (nSPS) is 39.6. The lowest BCUT2D eigenvalue weighted by Crippen LogP contribution is -3.15. The number of rotatable bonds is 1. The standard InChI is InChI=1S/C14H21NO/c1-11-12(2)15(3)10-9-14(11,16)13-7-5-4-6-8-13/h4-8,11-12,16H,9-10H2,1-3H3/p+1/t11-,12+,14-/m1/s1. The molecule has 0 amide bonds. The van der Waals surface area contributed by atoms with Gasteiger partial charge in [-0.3, -0.25) is 0 Å². The lowest BCUT2D eigenvalue weighted by Gasteiger charge is -2.44. The molecule has 2 heteroatoms. The van der Waals surface area contributed by atoms with E-state index in [1.807, 2.05) is 30.3 Å². The van der Waals surface area contributed by atoms with E-state index < -0.39 is 5.60 Å². The Kier molecular flexibility index (Phi) is 3.04. The van der Waals surface area contributed by atoms with Crippen LogP contribution in [0.5, 0.6) is 0 Å². The largest absolute Gasteiger partial charge is 0.384 e. The monoisotopic (exact) mass is 220 g/mol. The van der Waals surface area contributed by atoms with Crippen LogP contribution in [0, 0.1) is 5.92 Å². The third-order valence-corrected chi connectivity index (χ3v) is 4.45. The quantitative estimate of drug-likeness (QED) is 0.719. The summed E-state index contributed by atoms with van der Waals surface area (Å²) in [5.41, 5.74) is 0.432. The highest BCUT2D eigenvalue weighted by Gasteiger charge is 2.45. The molecule has 0 radical (unpaired) electrons. The van der Waals surface area contributed by atoms with Gasteiger partial charge in [0.1, 0.15) is 5.60 Å². The Morgan fingerprint density at radius 1 is 1.25 bits per heavy atom.